The van der Waals surface area contributed by atoms with Crippen LogP contribution in [0.5, 0.6) is 0 Å². The van der Waals surface area contributed by atoms with Crippen molar-refractivity contribution in [1.29, 1.82) is 0 Å². The van der Waals surface area contributed by atoms with E-state index in [2.05, 4.69) is 0 Å². The van der Waals surface area contributed by atoms with Gasteiger partial charge in [0, 0.05) is 2.74 Å². The summed E-state index contributed by atoms with van der Waals surface area (Å²) in [6, 6.07) is 0. The van der Waals surface area contributed by atoms with Gasteiger partial charge < -0.3 is 14.9 Å². The van der Waals surface area contributed by atoms with Crippen molar-refractivity contribution in [3.8, 4) is 0 Å². The van der Waals surface area contributed by atoms with Crippen molar-refractivity contribution in [2.45, 2.75) is 31.4 Å². The molecule has 2 unspecified atom stereocenters. The van der Waals surface area contributed by atoms with E-state index in [0.717, 1.165) is 0 Å². The topological polar surface area (TPSA) is 105 Å². The van der Waals surface area contributed by atoms with Gasteiger partial charge in [-0.25, -0.2) is 4.79 Å². The number of aromatic nitrogens is 2. The molecule has 0 bridgehead atoms. The first-order valence-electron chi connectivity index (χ1n) is 5.85. The molecule has 1 aromatic heterocycles. The lowest BCUT2D eigenvalue weighted by molar-refractivity contribution is -0.0356. The Kier molecular flexibility index (Phi) is 2.27. The molecule has 2 rings (SSSR count). The van der Waals surface area contributed by atoms with E-state index in [9.17, 15) is 24.2 Å². The third-order valence-corrected chi connectivity index (χ3v) is 2.47. The van der Waals surface area contributed by atoms with Crippen molar-refractivity contribution >= 4 is 0 Å². The van der Waals surface area contributed by atoms with Crippen LogP contribution in [0.25, 0.3) is 0 Å². The number of aromatic amines is 1. The first kappa shape index (κ1) is 9.51. The fourth-order valence-corrected chi connectivity index (χ4v) is 1.56. The molecule has 8 heteroatoms. The third kappa shape index (κ3) is 1.90. The van der Waals surface area contributed by atoms with Crippen LogP contribution in [0.1, 0.15) is 15.8 Å². The van der Waals surface area contributed by atoms with Crippen LogP contribution in [0, 0.1) is 5.82 Å². The second-order valence-corrected chi connectivity index (χ2v) is 3.62. The number of ether oxygens (including phenoxy) is 1. The maximum atomic E-state index is 13.1. The van der Waals surface area contributed by atoms with E-state index in [1.54, 1.807) is 4.98 Å². The largest absolute Gasteiger partial charge is 0.388 e. The molecular formula is C9H11FN2O5. The van der Waals surface area contributed by atoms with Crippen molar-refractivity contribution in [3.63, 3.8) is 0 Å². The van der Waals surface area contributed by atoms with Crippen LogP contribution in [0.4, 0.5) is 4.39 Å². The van der Waals surface area contributed by atoms with Gasteiger partial charge in [0.25, 0.3) is 5.56 Å². The molecule has 1 aliphatic heterocycles. The predicted octanol–water partition coefficient (Wildman–Crippen LogP) is -1.69. The summed E-state index contributed by atoms with van der Waals surface area (Å²) in [6.45, 7) is -1.60. The lowest BCUT2D eigenvalue weighted by Crippen LogP contribution is -2.38. The van der Waals surface area contributed by atoms with Gasteiger partial charge in [0.15, 0.2) is 6.23 Å². The number of aliphatic hydroxyl groups is 2. The monoisotopic (exact) mass is 248 g/mol. The summed E-state index contributed by atoms with van der Waals surface area (Å²) in [4.78, 5) is 24.0. The number of nitrogens with one attached hydrogen (secondary N) is 1. The minimum absolute atomic E-state index is 0.535. The molecule has 17 heavy (non-hydrogen) atoms. The quantitative estimate of drug-likeness (QED) is 0.550. The Morgan fingerprint density at radius 3 is 2.82 bits per heavy atom. The molecule has 0 radical (unpaired) electrons. The normalized spacial score (nSPS) is 34.8. The number of rotatable bonds is 1. The molecule has 0 aromatic carbocycles. The molecule has 1 aromatic rings. The highest BCUT2D eigenvalue weighted by Gasteiger charge is 2.41. The molecule has 2 heterocycles. The highest BCUT2D eigenvalue weighted by atomic mass is 19.1. The van der Waals surface area contributed by atoms with Gasteiger partial charge in [0.2, 0.25) is 5.82 Å². The summed E-state index contributed by atoms with van der Waals surface area (Å²) in [6.07, 6.45) is -5.47. The van der Waals surface area contributed by atoms with Crippen molar-refractivity contribution in [2.24, 2.45) is 0 Å². The molecule has 4 atom stereocenters. The summed E-state index contributed by atoms with van der Waals surface area (Å²) in [5.74, 6) is -1.26. The van der Waals surface area contributed by atoms with Crippen LogP contribution in [0.15, 0.2) is 15.8 Å². The van der Waals surface area contributed by atoms with Gasteiger partial charge in [-0.15, -0.1) is 0 Å². The molecule has 0 amide bonds. The Hall–Kier alpha value is -1.51. The van der Waals surface area contributed by atoms with Gasteiger partial charge in [0.1, 0.15) is 12.2 Å². The van der Waals surface area contributed by atoms with Crippen LogP contribution >= 0.6 is 0 Å². The van der Waals surface area contributed by atoms with Crippen LogP contribution in [-0.4, -0.2) is 38.1 Å². The lowest BCUT2D eigenvalue weighted by atomic mass is 10.1. The average Bonchev–Trinajstić information content (AvgIpc) is 2.62. The minimum atomic E-state index is -1.62. The zero-order chi connectivity index (χ0) is 14.3. The first-order valence-corrected chi connectivity index (χ1v) is 4.70. The van der Waals surface area contributed by atoms with Crippen LogP contribution < -0.4 is 11.2 Å². The van der Waals surface area contributed by atoms with Gasteiger partial charge in [-0.1, -0.05) is 0 Å². The third-order valence-electron chi connectivity index (χ3n) is 2.47. The van der Waals surface area contributed by atoms with E-state index >= 15 is 0 Å². The molecule has 3 N–H and O–H groups in total. The summed E-state index contributed by atoms with van der Waals surface area (Å²) in [5, 5.41) is 19.3. The van der Waals surface area contributed by atoms with Gasteiger partial charge >= 0.3 is 5.69 Å². The molecule has 0 spiro atoms. The Morgan fingerprint density at radius 1 is 1.53 bits per heavy atom. The number of hydrogen-bond donors (Lipinski definition) is 3. The second kappa shape index (κ2) is 4.06. The van der Waals surface area contributed by atoms with Crippen LogP contribution in [0.3, 0.4) is 0 Å². The van der Waals surface area contributed by atoms with Gasteiger partial charge in [-0.05, 0) is 6.88 Å². The molecule has 0 saturated carbocycles. The highest BCUT2D eigenvalue weighted by molar-refractivity contribution is 4.93. The van der Waals surface area contributed by atoms with Crippen molar-refractivity contribution in [2.75, 3.05) is 0 Å². The Labute approximate surface area is 96.9 Å². The van der Waals surface area contributed by atoms with Crippen LogP contribution in [0.2, 0.25) is 0 Å². The average molecular weight is 248 g/mol. The second-order valence-electron chi connectivity index (χ2n) is 3.62. The number of halogens is 1. The zero-order valence-electron chi connectivity index (χ0n) is 10.4. The number of aliphatic hydroxyl groups excluding tert-OH is 2. The van der Waals surface area contributed by atoms with Gasteiger partial charge in [-0.3, -0.25) is 14.3 Å². The molecular weight excluding hydrogens is 235 g/mol. The van der Waals surface area contributed by atoms with Crippen molar-refractivity contribution in [3.05, 3.63) is 32.9 Å². The molecule has 1 saturated heterocycles. The van der Waals surface area contributed by atoms with E-state index in [-0.39, 0.29) is 0 Å². The highest BCUT2D eigenvalue weighted by Crippen LogP contribution is 2.27. The fraction of sp³-hybridized carbons (Fsp3) is 0.556. The standard InChI is InChI=1S/C9H11FN2O5/c1-3-5(13)6(14)8(17-3)12-2-4(10)7(15)11-9(12)16/h2-3,5-6,8,13-14H,1H3,(H,11,15,16)/t3-,5?,6?,8-/m1/s1/i1D2. The Balaban J connectivity index is 2.41. The van der Waals surface area contributed by atoms with Crippen molar-refractivity contribution in [1.82, 2.24) is 9.55 Å². The van der Waals surface area contributed by atoms with Gasteiger partial charge in [0.05, 0.1) is 12.3 Å². The van der Waals surface area contributed by atoms with E-state index < -0.39 is 48.5 Å². The number of hydrogen-bond acceptors (Lipinski definition) is 5. The SMILES string of the molecule is [2H]C([2H])[C@H]1O[C@@H](n2cc(F)c(=O)[nH]c2=O)C(O)C1O. The fourth-order valence-electron chi connectivity index (χ4n) is 1.56. The first-order chi connectivity index (χ1) is 8.82. The molecule has 7 nitrogen and oxygen atoms in total. The van der Waals surface area contributed by atoms with Gasteiger partial charge in [-0.2, -0.15) is 4.39 Å². The summed E-state index contributed by atoms with van der Waals surface area (Å²) < 4.78 is 32.9. The minimum Gasteiger partial charge on any atom is -0.388 e. The summed E-state index contributed by atoms with van der Waals surface area (Å²) in [7, 11) is 0. The van der Waals surface area contributed by atoms with E-state index in [4.69, 9.17) is 7.48 Å². The molecule has 1 fully saturated rings. The van der Waals surface area contributed by atoms with E-state index in [1.807, 2.05) is 0 Å². The predicted molar refractivity (Wildman–Crippen MR) is 52.9 cm³/mol. The molecule has 94 valence electrons. The molecule has 0 aliphatic carbocycles. The van der Waals surface area contributed by atoms with Crippen LogP contribution in [-0.2, 0) is 4.74 Å². The Bertz CT molecular complexity index is 589. The number of nitrogens with zero attached hydrogens (tertiary/aromatic N) is 1. The lowest BCUT2D eigenvalue weighted by Gasteiger charge is -2.16. The van der Waals surface area contributed by atoms with Crippen molar-refractivity contribution < 1.29 is 22.1 Å². The van der Waals surface area contributed by atoms with E-state index in [1.165, 1.54) is 0 Å². The molecule has 1 aliphatic rings. The summed E-state index contributed by atoms with van der Waals surface area (Å²) >= 11 is 0. The Morgan fingerprint density at radius 2 is 2.24 bits per heavy atom. The van der Waals surface area contributed by atoms with E-state index in [0.29, 0.717) is 10.8 Å². The zero-order valence-corrected chi connectivity index (χ0v) is 8.41. The maximum Gasteiger partial charge on any atom is 0.330 e. The smallest absolute Gasteiger partial charge is 0.330 e. The summed E-state index contributed by atoms with van der Waals surface area (Å²) in [5.41, 5.74) is -2.25. The maximum absolute atomic E-state index is 13.1. The number of H-pyrrole nitrogens is 1.